The van der Waals surface area contributed by atoms with Gasteiger partial charge in [-0.15, -0.1) is 0 Å². The summed E-state index contributed by atoms with van der Waals surface area (Å²) in [6.45, 7) is 6.58. The van der Waals surface area contributed by atoms with Gasteiger partial charge in [-0.2, -0.15) is 0 Å². The van der Waals surface area contributed by atoms with E-state index in [0.717, 1.165) is 16.3 Å². The zero-order chi connectivity index (χ0) is 28.4. The monoisotopic (exact) mass is 527 g/mol. The molecule has 2 aromatic carbocycles. The molecule has 196 valence electrons. The number of rotatable bonds is 4. The number of hydrogen-bond donors (Lipinski definition) is 2. The zero-order valence-corrected chi connectivity index (χ0v) is 22.1. The third-order valence-electron chi connectivity index (χ3n) is 6.42. The maximum absolute atomic E-state index is 11.8. The first kappa shape index (κ1) is 26.3. The number of fused-ring (bicyclic) bond motifs is 1. The summed E-state index contributed by atoms with van der Waals surface area (Å²) in [6, 6.07) is 21.6. The predicted octanol–water partition coefficient (Wildman–Crippen LogP) is 6.45. The SMILES string of the molecule is CC(C)(C)c1ccc2cc(C#Cc3ccnc(-c4cc(C(=O)O)cc(-c5cc(C(=O)O)ccn5)n4)c3)ccc2c1. The minimum absolute atomic E-state index is 0.0211. The fourth-order valence-corrected chi connectivity index (χ4v) is 4.20. The Bertz CT molecular complexity index is 1860. The van der Waals surface area contributed by atoms with E-state index in [1.54, 1.807) is 18.3 Å². The smallest absolute Gasteiger partial charge is 0.335 e. The van der Waals surface area contributed by atoms with E-state index < -0.39 is 11.9 Å². The molecule has 3 heterocycles. The molecule has 0 aliphatic rings. The van der Waals surface area contributed by atoms with Crippen LogP contribution in [0.4, 0.5) is 0 Å². The first-order valence-corrected chi connectivity index (χ1v) is 12.5. The number of aromatic nitrogens is 3. The number of pyridine rings is 3. The van der Waals surface area contributed by atoms with Crippen LogP contribution in [0.25, 0.3) is 33.5 Å². The van der Waals surface area contributed by atoms with Gasteiger partial charge in [-0.1, -0.05) is 56.9 Å². The van der Waals surface area contributed by atoms with Gasteiger partial charge in [0.25, 0.3) is 0 Å². The second-order valence-electron chi connectivity index (χ2n) is 10.4. The minimum Gasteiger partial charge on any atom is -0.478 e. The molecule has 5 rings (SSSR count). The molecule has 0 radical (unpaired) electrons. The Morgan fingerprint density at radius 3 is 1.82 bits per heavy atom. The predicted molar refractivity (Wildman–Crippen MR) is 153 cm³/mol. The largest absolute Gasteiger partial charge is 0.478 e. The third kappa shape index (κ3) is 5.71. The molecule has 2 N–H and O–H groups in total. The summed E-state index contributed by atoms with van der Waals surface area (Å²) in [6.07, 6.45) is 2.93. The van der Waals surface area contributed by atoms with Crippen molar-refractivity contribution in [1.29, 1.82) is 0 Å². The second-order valence-corrected chi connectivity index (χ2v) is 10.4. The van der Waals surface area contributed by atoms with E-state index in [0.29, 0.717) is 17.0 Å². The molecule has 7 heteroatoms. The number of benzene rings is 2. The number of carboxylic acids is 2. The summed E-state index contributed by atoms with van der Waals surface area (Å²) in [5.74, 6) is 4.10. The van der Waals surface area contributed by atoms with Crippen molar-refractivity contribution in [1.82, 2.24) is 15.0 Å². The lowest BCUT2D eigenvalue weighted by molar-refractivity contribution is 0.0686. The first-order valence-electron chi connectivity index (χ1n) is 12.5. The number of carboxylic acid groups (broad SMARTS) is 2. The molecule has 5 aromatic rings. The van der Waals surface area contributed by atoms with Gasteiger partial charge < -0.3 is 10.2 Å². The van der Waals surface area contributed by atoms with Crippen molar-refractivity contribution in [3.8, 4) is 34.6 Å². The highest BCUT2D eigenvalue weighted by Gasteiger charge is 2.15. The Morgan fingerprint density at radius 2 is 1.18 bits per heavy atom. The Kier molecular flexibility index (Phi) is 6.85. The summed E-state index contributed by atoms with van der Waals surface area (Å²) < 4.78 is 0. The highest BCUT2D eigenvalue weighted by Crippen LogP contribution is 2.27. The molecular weight excluding hydrogens is 502 g/mol. The molecular formula is C33H25N3O4. The van der Waals surface area contributed by atoms with Crippen molar-refractivity contribution < 1.29 is 19.8 Å². The Morgan fingerprint density at radius 1 is 0.625 bits per heavy atom. The van der Waals surface area contributed by atoms with E-state index in [1.165, 1.54) is 36.0 Å². The van der Waals surface area contributed by atoms with Crippen LogP contribution >= 0.6 is 0 Å². The van der Waals surface area contributed by atoms with E-state index in [2.05, 4.69) is 77.9 Å². The topological polar surface area (TPSA) is 113 Å². The lowest BCUT2D eigenvalue weighted by atomic mass is 9.86. The lowest BCUT2D eigenvalue weighted by Crippen LogP contribution is -2.10. The standard InChI is InChI=1S/C33H25N3O4/c1-33(2,3)26-9-8-22-14-20(6-7-23(22)16-26)4-5-21-10-12-34-27(15-21)29-18-25(32(39)40)19-30(36-29)28-17-24(31(37)38)11-13-35-28/h6-19H,1-3H3,(H,37,38)(H,39,40). The van der Waals surface area contributed by atoms with Crippen LogP contribution < -0.4 is 0 Å². The number of nitrogens with zero attached hydrogens (tertiary/aromatic N) is 3. The Hall–Kier alpha value is -5.35. The molecule has 0 spiro atoms. The second kappa shape index (κ2) is 10.4. The molecule has 0 unspecified atom stereocenters. The van der Waals surface area contributed by atoms with Gasteiger partial charge in [0.1, 0.15) is 0 Å². The first-order chi connectivity index (χ1) is 19.1. The van der Waals surface area contributed by atoms with Crippen LogP contribution in [0.1, 0.15) is 58.2 Å². The normalized spacial score (nSPS) is 11.1. The van der Waals surface area contributed by atoms with Gasteiger partial charge in [0.15, 0.2) is 0 Å². The van der Waals surface area contributed by atoms with Crippen molar-refractivity contribution in [2.75, 3.05) is 0 Å². The van der Waals surface area contributed by atoms with Crippen LogP contribution in [0.5, 0.6) is 0 Å². The van der Waals surface area contributed by atoms with E-state index in [9.17, 15) is 19.8 Å². The Labute approximate surface area is 231 Å². The number of hydrogen-bond acceptors (Lipinski definition) is 5. The van der Waals surface area contributed by atoms with Crippen molar-refractivity contribution in [2.24, 2.45) is 0 Å². The molecule has 0 aliphatic carbocycles. The maximum Gasteiger partial charge on any atom is 0.335 e. The van der Waals surface area contributed by atoms with Gasteiger partial charge in [-0.05, 0) is 70.3 Å². The van der Waals surface area contributed by atoms with Crippen molar-refractivity contribution >= 4 is 22.7 Å². The van der Waals surface area contributed by atoms with Crippen LogP contribution in [0, 0.1) is 11.8 Å². The molecule has 0 fully saturated rings. The summed E-state index contributed by atoms with van der Waals surface area (Å²) in [5.41, 5.74) is 4.10. The van der Waals surface area contributed by atoms with Crippen molar-refractivity contribution in [3.63, 3.8) is 0 Å². The molecule has 0 saturated carbocycles. The summed E-state index contributed by atoms with van der Waals surface area (Å²) in [7, 11) is 0. The average Bonchev–Trinajstić information content (AvgIpc) is 2.95. The van der Waals surface area contributed by atoms with Crippen LogP contribution in [-0.2, 0) is 5.41 Å². The van der Waals surface area contributed by atoms with Gasteiger partial charge in [0, 0.05) is 23.5 Å². The molecule has 0 amide bonds. The average molecular weight is 528 g/mol. The molecule has 7 nitrogen and oxygen atoms in total. The van der Waals surface area contributed by atoms with Crippen LogP contribution in [0.2, 0.25) is 0 Å². The fourth-order valence-electron chi connectivity index (χ4n) is 4.20. The van der Waals surface area contributed by atoms with Crippen molar-refractivity contribution in [3.05, 3.63) is 113 Å². The minimum atomic E-state index is -1.15. The molecule has 40 heavy (non-hydrogen) atoms. The van der Waals surface area contributed by atoms with Crippen LogP contribution in [-0.4, -0.2) is 37.1 Å². The lowest BCUT2D eigenvalue weighted by Gasteiger charge is -2.19. The molecule has 0 aliphatic heterocycles. The highest BCUT2D eigenvalue weighted by molar-refractivity contribution is 5.91. The fraction of sp³-hybridized carbons (Fsp3) is 0.121. The van der Waals surface area contributed by atoms with Gasteiger partial charge in [0.2, 0.25) is 0 Å². The van der Waals surface area contributed by atoms with Gasteiger partial charge in [-0.25, -0.2) is 14.6 Å². The molecule has 3 aromatic heterocycles. The van der Waals surface area contributed by atoms with E-state index in [-0.39, 0.29) is 27.9 Å². The summed E-state index contributed by atoms with van der Waals surface area (Å²) >= 11 is 0. The van der Waals surface area contributed by atoms with Crippen LogP contribution in [0.3, 0.4) is 0 Å². The quantitative estimate of drug-likeness (QED) is 0.258. The number of aromatic carboxylic acids is 2. The third-order valence-corrected chi connectivity index (χ3v) is 6.42. The maximum atomic E-state index is 11.8. The van der Waals surface area contributed by atoms with E-state index >= 15 is 0 Å². The molecule has 0 atom stereocenters. The van der Waals surface area contributed by atoms with Gasteiger partial charge >= 0.3 is 11.9 Å². The molecule has 0 bridgehead atoms. The van der Waals surface area contributed by atoms with Gasteiger partial charge in [0.05, 0.1) is 33.9 Å². The van der Waals surface area contributed by atoms with E-state index in [4.69, 9.17) is 0 Å². The number of carbonyl (C=O) groups is 2. The zero-order valence-electron chi connectivity index (χ0n) is 22.1. The molecule has 0 saturated heterocycles. The Balaban J connectivity index is 1.49. The summed E-state index contributed by atoms with van der Waals surface area (Å²) in [4.78, 5) is 36.3. The highest BCUT2D eigenvalue weighted by atomic mass is 16.4. The van der Waals surface area contributed by atoms with E-state index in [1.807, 2.05) is 6.07 Å². The summed E-state index contributed by atoms with van der Waals surface area (Å²) in [5, 5.41) is 21.3. The van der Waals surface area contributed by atoms with Gasteiger partial charge in [-0.3, -0.25) is 9.97 Å². The van der Waals surface area contributed by atoms with Crippen molar-refractivity contribution in [2.45, 2.75) is 26.2 Å². The van der Waals surface area contributed by atoms with Crippen LogP contribution in [0.15, 0.2) is 85.2 Å².